The number of methoxy groups -OCH3 is 1. The normalized spacial score (nSPS) is 19.8. The van der Waals surface area contributed by atoms with Crippen LogP contribution in [-0.4, -0.2) is 32.8 Å². The molecule has 19 heavy (non-hydrogen) atoms. The SMILES string of the molecule is COc1cc(N2CCNCC2C(C)C)c(C)cc1N. The highest BCUT2D eigenvalue weighted by atomic mass is 16.5. The van der Waals surface area contributed by atoms with E-state index >= 15 is 0 Å². The molecule has 1 aromatic carbocycles. The summed E-state index contributed by atoms with van der Waals surface area (Å²) in [6, 6.07) is 4.60. The first-order chi connectivity index (χ1) is 9.04. The highest BCUT2D eigenvalue weighted by Gasteiger charge is 2.26. The van der Waals surface area contributed by atoms with E-state index in [9.17, 15) is 0 Å². The number of nitrogens with zero attached hydrogens (tertiary/aromatic N) is 1. The van der Waals surface area contributed by atoms with Crippen LogP contribution in [0.4, 0.5) is 11.4 Å². The van der Waals surface area contributed by atoms with Crippen molar-refractivity contribution in [3.8, 4) is 5.75 Å². The zero-order chi connectivity index (χ0) is 14.0. The number of hydrogen-bond acceptors (Lipinski definition) is 4. The fraction of sp³-hybridized carbons (Fsp3) is 0.600. The van der Waals surface area contributed by atoms with Crippen LogP contribution >= 0.6 is 0 Å². The smallest absolute Gasteiger partial charge is 0.143 e. The molecular weight excluding hydrogens is 238 g/mol. The number of ether oxygens (including phenoxy) is 1. The number of rotatable bonds is 3. The molecule has 2 rings (SSSR count). The van der Waals surface area contributed by atoms with Crippen molar-refractivity contribution in [2.24, 2.45) is 5.92 Å². The molecule has 1 atom stereocenters. The van der Waals surface area contributed by atoms with E-state index in [0.717, 1.165) is 25.4 Å². The average Bonchev–Trinajstić information content (AvgIpc) is 2.39. The number of aryl methyl sites for hydroxylation is 1. The first-order valence-electron chi connectivity index (χ1n) is 6.96. The van der Waals surface area contributed by atoms with Gasteiger partial charge in [0, 0.05) is 37.4 Å². The zero-order valence-corrected chi connectivity index (χ0v) is 12.4. The third-order valence-corrected chi connectivity index (χ3v) is 3.91. The average molecular weight is 263 g/mol. The quantitative estimate of drug-likeness (QED) is 0.819. The van der Waals surface area contributed by atoms with E-state index in [1.807, 2.05) is 6.07 Å². The van der Waals surface area contributed by atoms with Crippen molar-refractivity contribution >= 4 is 11.4 Å². The lowest BCUT2D eigenvalue weighted by atomic mass is 9.98. The number of hydrogen-bond donors (Lipinski definition) is 2. The van der Waals surface area contributed by atoms with Crippen molar-refractivity contribution in [2.75, 3.05) is 37.4 Å². The highest BCUT2D eigenvalue weighted by Crippen LogP contribution is 2.33. The maximum atomic E-state index is 5.97. The van der Waals surface area contributed by atoms with Crippen molar-refractivity contribution < 1.29 is 4.74 Å². The molecule has 1 heterocycles. The van der Waals surface area contributed by atoms with Gasteiger partial charge in [-0.3, -0.25) is 0 Å². The maximum Gasteiger partial charge on any atom is 0.143 e. The van der Waals surface area contributed by atoms with Crippen LogP contribution in [0, 0.1) is 12.8 Å². The van der Waals surface area contributed by atoms with Gasteiger partial charge in [0.25, 0.3) is 0 Å². The lowest BCUT2D eigenvalue weighted by Gasteiger charge is -2.41. The van der Waals surface area contributed by atoms with Gasteiger partial charge in [-0.1, -0.05) is 13.8 Å². The Morgan fingerprint density at radius 1 is 1.42 bits per heavy atom. The predicted molar refractivity (Wildman–Crippen MR) is 81.0 cm³/mol. The Balaban J connectivity index is 2.38. The van der Waals surface area contributed by atoms with E-state index in [1.54, 1.807) is 7.11 Å². The second-order valence-electron chi connectivity index (χ2n) is 5.59. The van der Waals surface area contributed by atoms with E-state index in [0.29, 0.717) is 17.6 Å². The van der Waals surface area contributed by atoms with Crippen LogP contribution in [0.5, 0.6) is 5.75 Å². The Labute approximate surface area is 115 Å². The number of nitrogens with one attached hydrogen (secondary N) is 1. The summed E-state index contributed by atoms with van der Waals surface area (Å²) in [6.07, 6.45) is 0. The van der Waals surface area contributed by atoms with Crippen molar-refractivity contribution in [3.63, 3.8) is 0 Å². The first kappa shape index (κ1) is 14.0. The van der Waals surface area contributed by atoms with Crippen molar-refractivity contribution in [1.82, 2.24) is 5.32 Å². The molecule has 4 heteroatoms. The summed E-state index contributed by atoms with van der Waals surface area (Å²) in [5.74, 6) is 1.37. The molecule has 1 saturated heterocycles. The molecule has 1 unspecified atom stereocenters. The van der Waals surface area contributed by atoms with E-state index in [1.165, 1.54) is 11.3 Å². The van der Waals surface area contributed by atoms with Crippen LogP contribution in [0.15, 0.2) is 12.1 Å². The van der Waals surface area contributed by atoms with Crippen molar-refractivity contribution in [3.05, 3.63) is 17.7 Å². The molecule has 3 N–H and O–H groups in total. The van der Waals surface area contributed by atoms with E-state index in [-0.39, 0.29) is 0 Å². The van der Waals surface area contributed by atoms with Gasteiger partial charge in [-0.05, 0) is 24.5 Å². The van der Waals surface area contributed by atoms with Crippen LogP contribution < -0.4 is 20.7 Å². The summed E-state index contributed by atoms with van der Waals surface area (Å²) >= 11 is 0. The standard InChI is InChI=1S/C15H25N3O/c1-10(2)14-9-17-5-6-18(14)13-8-15(19-4)12(16)7-11(13)3/h7-8,10,14,17H,5-6,9,16H2,1-4H3. The monoisotopic (exact) mass is 263 g/mol. The van der Waals surface area contributed by atoms with E-state index in [2.05, 4.69) is 37.1 Å². The molecule has 1 aliphatic rings. The van der Waals surface area contributed by atoms with Crippen molar-refractivity contribution in [1.29, 1.82) is 0 Å². The molecule has 0 bridgehead atoms. The second-order valence-corrected chi connectivity index (χ2v) is 5.59. The van der Waals surface area contributed by atoms with Crippen LogP contribution in [0.3, 0.4) is 0 Å². The van der Waals surface area contributed by atoms with Gasteiger partial charge in [0.1, 0.15) is 5.75 Å². The molecule has 1 aliphatic heterocycles. The minimum atomic E-state index is 0.515. The Bertz CT molecular complexity index is 445. The summed E-state index contributed by atoms with van der Waals surface area (Å²) in [5.41, 5.74) is 9.13. The van der Waals surface area contributed by atoms with Crippen LogP contribution in [0.1, 0.15) is 19.4 Å². The third-order valence-electron chi connectivity index (χ3n) is 3.91. The Morgan fingerprint density at radius 3 is 2.79 bits per heavy atom. The molecule has 0 aromatic heterocycles. The zero-order valence-electron chi connectivity index (χ0n) is 12.4. The summed E-state index contributed by atoms with van der Waals surface area (Å²) < 4.78 is 5.36. The Kier molecular flexibility index (Phi) is 4.20. The molecule has 106 valence electrons. The first-order valence-corrected chi connectivity index (χ1v) is 6.96. The van der Waals surface area contributed by atoms with E-state index in [4.69, 9.17) is 10.5 Å². The van der Waals surface area contributed by atoms with Gasteiger partial charge in [0.15, 0.2) is 0 Å². The summed E-state index contributed by atoms with van der Waals surface area (Å²) in [7, 11) is 1.67. The predicted octanol–water partition coefficient (Wildman–Crippen LogP) is 2.02. The van der Waals surface area contributed by atoms with Gasteiger partial charge in [0.2, 0.25) is 0 Å². The Morgan fingerprint density at radius 2 is 2.16 bits per heavy atom. The molecule has 1 aromatic rings. The lowest BCUT2D eigenvalue weighted by Crippen LogP contribution is -2.54. The minimum absolute atomic E-state index is 0.515. The molecule has 0 saturated carbocycles. The summed E-state index contributed by atoms with van der Waals surface area (Å²) in [4.78, 5) is 2.48. The second kappa shape index (κ2) is 5.70. The highest BCUT2D eigenvalue weighted by molar-refractivity contribution is 5.67. The Hall–Kier alpha value is -1.42. The van der Waals surface area contributed by atoms with Gasteiger partial charge in [-0.15, -0.1) is 0 Å². The maximum absolute atomic E-state index is 5.97. The number of piperazine rings is 1. The molecule has 0 spiro atoms. The molecule has 0 amide bonds. The molecule has 1 fully saturated rings. The van der Waals surface area contributed by atoms with Gasteiger partial charge >= 0.3 is 0 Å². The topological polar surface area (TPSA) is 50.5 Å². The molecule has 4 nitrogen and oxygen atoms in total. The number of anilines is 2. The minimum Gasteiger partial charge on any atom is -0.495 e. The fourth-order valence-electron chi connectivity index (χ4n) is 2.81. The summed E-state index contributed by atoms with van der Waals surface area (Å²) in [5, 5.41) is 3.48. The van der Waals surface area contributed by atoms with Crippen LogP contribution in [-0.2, 0) is 0 Å². The fourth-order valence-corrected chi connectivity index (χ4v) is 2.81. The number of nitrogens with two attached hydrogens (primary N) is 1. The van der Waals surface area contributed by atoms with Gasteiger partial charge < -0.3 is 20.7 Å². The van der Waals surface area contributed by atoms with Gasteiger partial charge in [-0.2, -0.15) is 0 Å². The molecule has 0 radical (unpaired) electrons. The van der Waals surface area contributed by atoms with Crippen LogP contribution in [0.25, 0.3) is 0 Å². The van der Waals surface area contributed by atoms with Crippen LogP contribution in [0.2, 0.25) is 0 Å². The van der Waals surface area contributed by atoms with Gasteiger partial charge in [0.05, 0.1) is 12.8 Å². The largest absolute Gasteiger partial charge is 0.495 e. The molecule has 0 aliphatic carbocycles. The third kappa shape index (κ3) is 2.78. The van der Waals surface area contributed by atoms with E-state index < -0.39 is 0 Å². The molecular formula is C15H25N3O. The number of benzene rings is 1. The lowest BCUT2D eigenvalue weighted by molar-refractivity contribution is 0.388. The summed E-state index contributed by atoms with van der Waals surface area (Å²) in [6.45, 7) is 9.74. The van der Waals surface area contributed by atoms with Crippen molar-refractivity contribution in [2.45, 2.75) is 26.8 Å². The van der Waals surface area contributed by atoms with Gasteiger partial charge in [-0.25, -0.2) is 0 Å². The number of nitrogen functional groups attached to an aromatic ring is 1.